The molecule has 0 N–H and O–H groups in total. The van der Waals surface area contributed by atoms with Crippen molar-refractivity contribution in [3.8, 4) is 0 Å². The molecule has 0 aliphatic carbocycles. The standard InChI is InChI=1S/C26H36N6O/c1-17-14-22-28-16-20-19(32(22)29-17)10-9-13-31(20)21-12-11-18(15-27-21)23(25(2,3)4)30(8)24(33)26(5,6)7/h11-12,14-16,23H,9-10,13H2,1-8H3/t23-/m0/s1. The zero-order chi connectivity index (χ0) is 24.1. The molecule has 0 aromatic carbocycles. The molecule has 7 heteroatoms. The number of anilines is 2. The van der Waals surface area contributed by atoms with E-state index in [-0.39, 0.29) is 17.4 Å². The second kappa shape index (κ2) is 8.12. The summed E-state index contributed by atoms with van der Waals surface area (Å²) in [6.45, 7) is 15.3. The Kier molecular flexibility index (Phi) is 5.71. The number of nitrogens with zero attached hydrogens (tertiary/aromatic N) is 6. The minimum Gasteiger partial charge on any atom is -0.338 e. The van der Waals surface area contributed by atoms with Crippen LogP contribution < -0.4 is 4.90 Å². The zero-order valence-corrected chi connectivity index (χ0v) is 21.2. The molecule has 1 amide bonds. The van der Waals surface area contributed by atoms with E-state index in [1.54, 1.807) is 0 Å². The Bertz CT molecular complexity index is 1170. The molecule has 4 heterocycles. The number of aromatic nitrogens is 4. The number of carbonyl (C=O) groups excluding carboxylic acids is 1. The fourth-order valence-electron chi connectivity index (χ4n) is 4.98. The van der Waals surface area contributed by atoms with Crippen LogP contribution >= 0.6 is 0 Å². The summed E-state index contributed by atoms with van der Waals surface area (Å²) in [5, 5.41) is 4.64. The van der Waals surface area contributed by atoms with Crippen molar-refractivity contribution in [2.24, 2.45) is 10.8 Å². The maximum absolute atomic E-state index is 13.1. The number of hydrogen-bond acceptors (Lipinski definition) is 5. The molecule has 1 aliphatic rings. The van der Waals surface area contributed by atoms with Crippen molar-refractivity contribution in [1.29, 1.82) is 0 Å². The average Bonchev–Trinajstić information content (AvgIpc) is 3.12. The quantitative estimate of drug-likeness (QED) is 0.557. The molecule has 1 aliphatic heterocycles. The highest BCUT2D eigenvalue weighted by atomic mass is 16.2. The van der Waals surface area contributed by atoms with Gasteiger partial charge in [-0.25, -0.2) is 14.5 Å². The third-order valence-corrected chi connectivity index (χ3v) is 6.30. The van der Waals surface area contributed by atoms with Gasteiger partial charge in [0.15, 0.2) is 5.65 Å². The molecule has 0 unspecified atom stereocenters. The van der Waals surface area contributed by atoms with Gasteiger partial charge in [0.1, 0.15) is 5.82 Å². The van der Waals surface area contributed by atoms with Crippen molar-refractivity contribution in [2.45, 2.75) is 67.3 Å². The Labute approximate surface area is 196 Å². The Morgan fingerprint density at radius 2 is 1.82 bits per heavy atom. The molecule has 0 spiro atoms. The van der Waals surface area contributed by atoms with Crippen molar-refractivity contribution in [2.75, 3.05) is 18.5 Å². The maximum atomic E-state index is 13.1. The predicted molar refractivity (Wildman–Crippen MR) is 132 cm³/mol. The number of hydrogen-bond donors (Lipinski definition) is 0. The van der Waals surface area contributed by atoms with Crippen LogP contribution in [-0.4, -0.2) is 44.0 Å². The summed E-state index contributed by atoms with van der Waals surface area (Å²) in [4.78, 5) is 26.7. The molecule has 0 saturated heterocycles. The van der Waals surface area contributed by atoms with Crippen molar-refractivity contribution in [3.63, 3.8) is 0 Å². The summed E-state index contributed by atoms with van der Waals surface area (Å²) in [6, 6.07) is 6.11. The third-order valence-electron chi connectivity index (χ3n) is 6.30. The molecule has 176 valence electrons. The molecule has 3 aromatic heterocycles. The molecule has 4 rings (SSSR count). The summed E-state index contributed by atoms with van der Waals surface area (Å²) < 4.78 is 1.97. The normalized spacial score (nSPS) is 15.5. The van der Waals surface area contributed by atoms with E-state index >= 15 is 0 Å². The minimum absolute atomic E-state index is 0.0761. The van der Waals surface area contributed by atoms with Gasteiger partial charge in [0, 0.05) is 31.3 Å². The first kappa shape index (κ1) is 23.2. The van der Waals surface area contributed by atoms with Crippen molar-refractivity contribution in [1.82, 2.24) is 24.5 Å². The molecule has 0 fully saturated rings. The van der Waals surface area contributed by atoms with Gasteiger partial charge in [-0.05, 0) is 36.8 Å². The molecule has 0 bridgehead atoms. The zero-order valence-electron chi connectivity index (χ0n) is 21.2. The van der Waals surface area contributed by atoms with Gasteiger partial charge in [0.2, 0.25) is 5.91 Å². The van der Waals surface area contributed by atoms with Gasteiger partial charge < -0.3 is 9.80 Å². The Morgan fingerprint density at radius 3 is 2.42 bits per heavy atom. The van der Waals surface area contributed by atoms with Crippen LogP contribution in [0, 0.1) is 17.8 Å². The van der Waals surface area contributed by atoms with Gasteiger partial charge in [-0.15, -0.1) is 0 Å². The van der Waals surface area contributed by atoms with Gasteiger partial charge in [0.25, 0.3) is 0 Å². The van der Waals surface area contributed by atoms with E-state index < -0.39 is 5.41 Å². The summed E-state index contributed by atoms with van der Waals surface area (Å²) in [5.74, 6) is 1.02. The number of amides is 1. The fourth-order valence-corrected chi connectivity index (χ4v) is 4.98. The van der Waals surface area contributed by atoms with E-state index in [2.05, 4.69) is 47.9 Å². The molecule has 33 heavy (non-hydrogen) atoms. The Hall–Kier alpha value is -2.96. The fraction of sp³-hybridized carbons (Fsp3) is 0.538. The van der Waals surface area contributed by atoms with Gasteiger partial charge >= 0.3 is 0 Å². The monoisotopic (exact) mass is 448 g/mol. The van der Waals surface area contributed by atoms with Crippen LogP contribution in [0.15, 0.2) is 30.6 Å². The maximum Gasteiger partial charge on any atom is 0.228 e. The van der Waals surface area contributed by atoms with E-state index in [1.165, 1.54) is 5.69 Å². The van der Waals surface area contributed by atoms with Crippen LogP contribution in [0.25, 0.3) is 5.65 Å². The summed E-state index contributed by atoms with van der Waals surface area (Å²) in [7, 11) is 1.90. The number of aryl methyl sites for hydroxylation is 2. The van der Waals surface area contributed by atoms with Crippen molar-refractivity contribution < 1.29 is 4.79 Å². The highest BCUT2D eigenvalue weighted by Crippen LogP contribution is 2.40. The summed E-state index contributed by atoms with van der Waals surface area (Å²) >= 11 is 0. The lowest BCUT2D eigenvalue weighted by atomic mass is 9.80. The van der Waals surface area contributed by atoms with Crippen LogP contribution in [-0.2, 0) is 11.2 Å². The van der Waals surface area contributed by atoms with Crippen LogP contribution in [0.1, 0.15) is 71.0 Å². The Morgan fingerprint density at radius 1 is 1.09 bits per heavy atom. The van der Waals surface area contributed by atoms with Crippen molar-refractivity contribution in [3.05, 3.63) is 47.5 Å². The lowest BCUT2D eigenvalue weighted by Gasteiger charge is -2.41. The average molecular weight is 449 g/mol. The van der Waals surface area contributed by atoms with E-state index in [0.717, 1.165) is 47.8 Å². The molecule has 0 radical (unpaired) electrons. The first-order chi connectivity index (χ1) is 15.4. The SMILES string of the molecule is Cc1cc2ncc3c(n2n1)CCCN3c1ccc([C@H](N(C)C(=O)C(C)(C)C)C(C)(C)C)cn1. The Balaban J connectivity index is 1.68. The topological polar surface area (TPSA) is 66.6 Å². The second-order valence-corrected chi connectivity index (χ2v) is 11.3. The second-order valence-electron chi connectivity index (χ2n) is 11.3. The van der Waals surface area contributed by atoms with Crippen molar-refractivity contribution >= 4 is 23.1 Å². The first-order valence-electron chi connectivity index (χ1n) is 11.7. The van der Waals surface area contributed by atoms with E-state index in [1.807, 2.05) is 62.6 Å². The lowest BCUT2D eigenvalue weighted by molar-refractivity contribution is -0.142. The van der Waals surface area contributed by atoms with Crippen LogP contribution in [0.2, 0.25) is 0 Å². The molecule has 1 atom stereocenters. The largest absolute Gasteiger partial charge is 0.338 e. The van der Waals surface area contributed by atoms with Crippen LogP contribution in [0.4, 0.5) is 11.5 Å². The molecular formula is C26H36N6O. The number of pyridine rings is 1. The van der Waals surface area contributed by atoms with E-state index in [9.17, 15) is 4.79 Å². The van der Waals surface area contributed by atoms with Crippen LogP contribution in [0.3, 0.4) is 0 Å². The van der Waals surface area contributed by atoms with E-state index in [0.29, 0.717) is 0 Å². The van der Waals surface area contributed by atoms with Gasteiger partial charge in [0.05, 0.1) is 29.3 Å². The smallest absolute Gasteiger partial charge is 0.228 e. The predicted octanol–water partition coefficient (Wildman–Crippen LogP) is 5.11. The summed E-state index contributed by atoms with van der Waals surface area (Å²) in [6.07, 6.45) is 5.86. The van der Waals surface area contributed by atoms with Gasteiger partial charge in [-0.2, -0.15) is 5.10 Å². The molecule has 3 aromatic rings. The molecule has 7 nitrogen and oxygen atoms in total. The summed E-state index contributed by atoms with van der Waals surface area (Å²) in [5.41, 5.74) is 4.56. The number of fused-ring (bicyclic) bond motifs is 3. The molecule has 0 saturated carbocycles. The highest BCUT2D eigenvalue weighted by Gasteiger charge is 2.37. The van der Waals surface area contributed by atoms with Crippen LogP contribution in [0.5, 0.6) is 0 Å². The number of carbonyl (C=O) groups is 1. The minimum atomic E-state index is -0.438. The van der Waals surface area contributed by atoms with Gasteiger partial charge in [-0.3, -0.25) is 4.79 Å². The first-order valence-corrected chi connectivity index (χ1v) is 11.7. The lowest BCUT2D eigenvalue weighted by Crippen LogP contribution is -2.43. The van der Waals surface area contributed by atoms with Gasteiger partial charge in [-0.1, -0.05) is 47.6 Å². The van der Waals surface area contributed by atoms with E-state index in [4.69, 9.17) is 4.98 Å². The third kappa shape index (κ3) is 4.33. The molecular weight excluding hydrogens is 412 g/mol. The number of rotatable bonds is 3. The highest BCUT2D eigenvalue weighted by molar-refractivity contribution is 5.81.